The van der Waals surface area contributed by atoms with Crippen molar-refractivity contribution in [1.82, 2.24) is 10.2 Å². The third-order valence-electron chi connectivity index (χ3n) is 4.04. The highest BCUT2D eigenvalue weighted by Crippen LogP contribution is 2.36. The normalized spacial score (nSPS) is 25.2. The van der Waals surface area contributed by atoms with E-state index in [4.69, 9.17) is 0 Å². The van der Waals surface area contributed by atoms with Gasteiger partial charge in [0.1, 0.15) is 0 Å². The zero-order valence-corrected chi connectivity index (χ0v) is 11.1. The van der Waals surface area contributed by atoms with E-state index in [0.717, 1.165) is 26.1 Å². The van der Waals surface area contributed by atoms with Crippen molar-refractivity contribution >= 4 is 5.91 Å². The lowest BCUT2D eigenvalue weighted by Gasteiger charge is -2.42. The second-order valence-corrected chi connectivity index (χ2v) is 6.03. The molecule has 3 rings (SSSR count). The summed E-state index contributed by atoms with van der Waals surface area (Å²) in [5, 5.41) is 3.44. The first-order valence-electron chi connectivity index (χ1n) is 6.68. The summed E-state index contributed by atoms with van der Waals surface area (Å²) in [5.41, 5.74) is 2.61. The summed E-state index contributed by atoms with van der Waals surface area (Å²) in [6.07, 6.45) is 0.916. The van der Waals surface area contributed by atoms with Crippen LogP contribution in [0.1, 0.15) is 30.9 Å². The van der Waals surface area contributed by atoms with Crippen LogP contribution in [-0.2, 0) is 11.2 Å². The molecular formula is C15H20N2O. The number of carbonyl (C=O) groups is 1. The maximum absolute atomic E-state index is 12.5. The Hall–Kier alpha value is -1.35. The van der Waals surface area contributed by atoms with Gasteiger partial charge in [-0.2, -0.15) is 0 Å². The molecule has 0 spiro atoms. The zero-order valence-electron chi connectivity index (χ0n) is 11.1. The lowest BCUT2D eigenvalue weighted by molar-refractivity contribution is -0.135. The lowest BCUT2D eigenvalue weighted by atomic mass is 9.76. The van der Waals surface area contributed by atoms with Crippen LogP contribution in [0.4, 0.5) is 0 Å². The molecule has 1 N–H and O–H groups in total. The van der Waals surface area contributed by atoms with Gasteiger partial charge in [0.05, 0.1) is 5.92 Å². The smallest absolute Gasteiger partial charge is 0.230 e. The van der Waals surface area contributed by atoms with Crippen LogP contribution in [0.3, 0.4) is 0 Å². The maximum atomic E-state index is 12.5. The van der Waals surface area contributed by atoms with E-state index in [9.17, 15) is 4.79 Å². The number of hydrogen-bond acceptors (Lipinski definition) is 2. The Balaban J connectivity index is 1.74. The van der Waals surface area contributed by atoms with Gasteiger partial charge in [-0.1, -0.05) is 24.3 Å². The van der Waals surface area contributed by atoms with Crippen LogP contribution < -0.4 is 5.32 Å². The summed E-state index contributed by atoms with van der Waals surface area (Å²) in [4.78, 5) is 14.6. The number of amides is 1. The molecular weight excluding hydrogens is 224 g/mol. The van der Waals surface area contributed by atoms with Gasteiger partial charge in [0.15, 0.2) is 0 Å². The molecule has 0 saturated carbocycles. The molecule has 3 heteroatoms. The lowest BCUT2D eigenvalue weighted by Crippen LogP contribution is -2.59. The van der Waals surface area contributed by atoms with E-state index in [2.05, 4.69) is 31.3 Å². The van der Waals surface area contributed by atoms with Crippen molar-refractivity contribution in [3.63, 3.8) is 0 Å². The summed E-state index contributed by atoms with van der Waals surface area (Å²) < 4.78 is 0. The molecule has 96 valence electrons. The highest BCUT2D eigenvalue weighted by Gasteiger charge is 2.37. The molecule has 2 aliphatic rings. The number of rotatable bonds is 1. The Morgan fingerprint density at radius 1 is 1.39 bits per heavy atom. The summed E-state index contributed by atoms with van der Waals surface area (Å²) in [6.45, 7) is 6.85. The minimum atomic E-state index is 0.0389. The van der Waals surface area contributed by atoms with Crippen LogP contribution in [-0.4, -0.2) is 36.0 Å². The SMILES string of the molecule is CC1(C)CN(C(=O)C2Cc3ccccc32)CCN1. The fraction of sp³-hybridized carbons (Fsp3) is 0.533. The quantitative estimate of drug-likeness (QED) is 0.812. The first-order valence-corrected chi connectivity index (χ1v) is 6.68. The highest BCUT2D eigenvalue weighted by atomic mass is 16.2. The maximum Gasteiger partial charge on any atom is 0.230 e. The van der Waals surface area contributed by atoms with Crippen molar-refractivity contribution < 1.29 is 4.79 Å². The van der Waals surface area contributed by atoms with E-state index in [0.29, 0.717) is 5.91 Å². The Morgan fingerprint density at radius 3 is 2.89 bits per heavy atom. The van der Waals surface area contributed by atoms with Crippen LogP contribution in [0.25, 0.3) is 0 Å². The van der Waals surface area contributed by atoms with Gasteiger partial charge in [0.25, 0.3) is 0 Å². The molecule has 0 aromatic heterocycles. The molecule has 1 aliphatic carbocycles. The fourth-order valence-electron chi connectivity index (χ4n) is 3.03. The fourth-order valence-corrected chi connectivity index (χ4v) is 3.03. The van der Waals surface area contributed by atoms with E-state index in [1.807, 2.05) is 17.0 Å². The predicted octanol–water partition coefficient (Wildman–Crippen LogP) is 1.54. The number of carbonyl (C=O) groups excluding carboxylic acids is 1. The van der Waals surface area contributed by atoms with Crippen LogP contribution >= 0.6 is 0 Å². The number of piperazine rings is 1. The molecule has 1 atom stereocenters. The second kappa shape index (κ2) is 4.09. The van der Waals surface area contributed by atoms with Crippen LogP contribution in [0.2, 0.25) is 0 Å². The summed E-state index contributed by atoms with van der Waals surface area (Å²) in [7, 11) is 0. The zero-order chi connectivity index (χ0) is 12.8. The van der Waals surface area contributed by atoms with Crippen molar-refractivity contribution in [2.24, 2.45) is 0 Å². The molecule has 0 bridgehead atoms. The van der Waals surface area contributed by atoms with Crippen molar-refractivity contribution in [1.29, 1.82) is 0 Å². The van der Waals surface area contributed by atoms with E-state index >= 15 is 0 Å². The molecule has 1 aromatic rings. The monoisotopic (exact) mass is 244 g/mol. The van der Waals surface area contributed by atoms with Crippen LogP contribution in [0, 0.1) is 0 Å². The molecule has 1 aromatic carbocycles. The molecule has 1 saturated heterocycles. The first kappa shape index (κ1) is 11.7. The van der Waals surface area contributed by atoms with Gasteiger partial charge in [0.2, 0.25) is 5.91 Å². The standard InChI is InChI=1S/C15H20N2O/c1-15(2)10-17(8-7-16-15)14(18)13-9-11-5-3-4-6-12(11)13/h3-6,13,16H,7-10H2,1-2H3. The van der Waals surface area contributed by atoms with Gasteiger partial charge in [-0.3, -0.25) is 4.79 Å². The average Bonchev–Trinajstić information content (AvgIpc) is 2.29. The van der Waals surface area contributed by atoms with Crippen LogP contribution in [0.15, 0.2) is 24.3 Å². The first-order chi connectivity index (χ1) is 8.57. The Labute approximate surface area is 108 Å². The number of nitrogens with zero attached hydrogens (tertiary/aromatic N) is 1. The molecule has 1 heterocycles. The minimum absolute atomic E-state index is 0.0389. The molecule has 1 amide bonds. The Kier molecular flexibility index (Phi) is 2.67. The van der Waals surface area contributed by atoms with E-state index in [-0.39, 0.29) is 11.5 Å². The average molecular weight is 244 g/mol. The number of hydrogen-bond donors (Lipinski definition) is 1. The third-order valence-corrected chi connectivity index (χ3v) is 4.04. The number of nitrogens with one attached hydrogen (secondary N) is 1. The topological polar surface area (TPSA) is 32.3 Å². The third kappa shape index (κ3) is 1.93. The molecule has 3 nitrogen and oxygen atoms in total. The van der Waals surface area contributed by atoms with E-state index in [1.54, 1.807) is 0 Å². The van der Waals surface area contributed by atoms with Crippen LogP contribution in [0.5, 0.6) is 0 Å². The van der Waals surface area contributed by atoms with Gasteiger partial charge >= 0.3 is 0 Å². The molecule has 0 radical (unpaired) electrons. The Morgan fingerprint density at radius 2 is 2.17 bits per heavy atom. The Bertz CT molecular complexity index is 481. The number of benzene rings is 1. The summed E-state index contributed by atoms with van der Waals surface area (Å²) in [6, 6.07) is 8.29. The van der Waals surface area contributed by atoms with Gasteiger partial charge in [-0.15, -0.1) is 0 Å². The largest absolute Gasteiger partial charge is 0.339 e. The van der Waals surface area contributed by atoms with Gasteiger partial charge in [-0.25, -0.2) is 0 Å². The van der Waals surface area contributed by atoms with Gasteiger partial charge < -0.3 is 10.2 Å². The van der Waals surface area contributed by atoms with Crippen molar-refractivity contribution in [2.45, 2.75) is 31.7 Å². The summed E-state index contributed by atoms with van der Waals surface area (Å²) in [5.74, 6) is 0.415. The van der Waals surface area contributed by atoms with Gasteiger partial charge in [-0.05, 0) is 31.4 Å². The summed E-state index contributed by atoms with van der Waals surface area (Å²) >= 11 is 0. The molecule has 18 heavy (non-hydrogen) atoms. The molecule has 1 aliphatic heterocycles. The van der Waals surface area contributed by atoms with Crippen molar-refractivity contribution in [3.05, 3.63) is 35.4 Å². The van der Waals surface area contributed by atoms with Crippen molar-refractivity contribution in [3.8, 4) is 0 Å². The predicted molar refractivity (Wildman–Crippen MR) is 71.5 cm³/mol. The van der Waals surface area contributed by atoms with Crippen molar-refractivity contribution in [2.75, 3.05) is 19.6 Å². The molecule has 1 fully saturated rings. The van der Waals surface area contributed by atoms with Gasteiger partial charge in [0, 0.05) is 25.2 Å². The minimum Gasteiger partial charge on any atom is -0.339 e. The highest BCUT2D eigenvalue weighted by molar-refractivity contribution is 5.87. The van der Waals surface area contributed by atoms with E-state index < -0.39 is 0 Å². The number of fused-ring (bicyclic) bond motifs is 1. The van der Waals surface area contributed by atoms with E-state index in [1.165, 1.54) is 11.1 Å². The second-order valence-electron chi connectivity index (χ2n) is 6.03. The molecule has 1 unspecified atom stereocenters.